The highest BCUT2D eigenvalue weighted by atomic mass is 19.4. The number of aliphatic hydroxyl groups is 1. The van der Waals surface area contributed by atoms with Gasteiger partial charge in [-0.05, 0) is 30.4 Å². The molecular formula is C14H20F3NO. The van der Waals surface area contributed by atoms with Crippen LogP contribution in [0.2, 0.25) is 0 Å². The van der Waals surface area contributed by atoms with Crippen molar-refractivity contribution < 1.29 is 18.3 Å². The number of hydrogen-bond donors (Lipinski definition) is 2. The second kappa shape index (κ2) is 6.28. The summed E-state index contributed by atoms with van der Waals surface area (Å²) in [7, 11) is 0. The molecule has 0 aliphatic heterocycles. The molecule has 0 aromatic heterocycles. The number of aliphatic hydroxyl groups excluding tert-OH is 1. The maximum Gasteiger partial charge on any atom is 0.418 e. The summed E-state index contributed by atoms with van der Waals surface area (Å²) in [5.41, 5.74) is -0.707. The summed E-state index contributed by atoms with van der Waals surface area (Å²) in [5, 5.41) is 11.7. The molecule has 0 radical (unpaired) electrons. The lowest BCUT2D eigenvalue weighted by Gasteiger charge is -2.26. The monoisotopic (exact) mass is 275 g/mol. The van der Waals surface area contributed by atoms with Crippen LogP contribution in [0.4, 0.5) is 18.9 Å². The minimum absolute atomic E-state index is 0.0998. The van der Waals surface area contributed by atoms with E-state index >= 15 is 0 Å². The maximum atomic E-state index is 12.8. The van der Waals surface area contributed by atoms with Crippen LogP contribution in [0.5, 0.6) is 0 Å². The zero-order valence-electron chi connectivity index (χ0n) is 11.2. The van der Waals surface area contributed by atoms with Crippen LogP contribution < -0.4 is 5.32 Å². The van der Waals surface area contributed by atoms with Crippen molar-refractivity contribution >= 4 is 5.69 Å². The standard InChI is InChI=1S/C14H20F3NO/c1-13(2,8-5-9-19)10-18-12-7-4-3-6-11(12)14(15,16)17/h3-4,6-7,18-19H,5,8-10H2,1-2H3. The highest BCUT2D eigenvalue weighted by Gasteiger charge is 2.33. The van der Waals surface area contributed by atoms with Crippen LogP contribution in [0.25, 0.3) is 0 Å². The van der Waals surface area contributed by atoms with Gasteiger partial charge in [0.25, 0.3) is 0 Å². The van der Waals surface area contributed by atoms with Gasteiger partial charge in [-0.15, -0.1) is 0 Å². The first kappa shape index (κ1) is 15.8. The minimum Gasteiger partial charge on any atom is -0.396 e. The third kappa shape index (κ3) is 5.11. The average molecular weight is 275 g/mol. The Morgan fingerprint density at radius 2 is 1.79 bits per heavy atom. The predicted octanol–water partition coefficient (Wildman–Crippen LogP) is 3.92. The van der Waals surface area contributed by atoms with Gasteiger partial charge >= 0.3 is 6.18 Å². The Balaban J connectivity index is 2.73. The highest BCUT2D eigenvalue weighted by molar-refractivity contribution is 5.52. The molecule has 5 heteroatoms. The molecule has 0 amide bonds. The smallest absolute Gasteiger partial charge is 0.396 e. The Hall–Kier alpha value is -1.23. The molecule has 0 aliphatic carbocycles. The zero-order valence-corrected chi connectivity index (χ0v) is 11.2. The van der Waals surface area contributed by atoms with Gasteiger partial charge < -0.3 is 10.4 Å². The first-order valence-corrected chi connectivity index (χ1v) is 6.27. The maximum absolute atomic E-state index is 12.8. The molecule has 0 fully saturated rings. The van der Waals surface area contributed by atoms with Crippen LogP contribution in [0.1, 0.15) is 32.3 Å². The fraction of sp³-hybridized carbons (Fsp3) is 0.571. The predicted molar refractivity (Wildman–Crippen MR) is 70.0 cm³/mol. The molecule has 1 aromatic carbocycles. The van der Waals surface area contributed by atoms with Gasteiger partial charge in [-0.3, -0.25) is 0 Å². The lowest BCUT2D eigenvalue weighted by Crippen LogP contribution is -2.24. The zero-order chi connectivity index (χ0) is 14.5. The van der Waals surface area contributed by atoms with Crippen molar-refractivity contribution in [3.8, 4) is 0 Å². The van der Waals surface area contributed by atoms with Gasteiger partial charge in [-0.1, -0.05) is 26.0 Å². The van der Waals surface area contributed by atoms with Crippen LogP contribution in [0, 0.1) is 5.41 Å². The topological polar surface area (TPSA) is 32.3 Å². The Labute approximate surface area is 111 Å². The van der Waals surface area contributed by atoms with Crippen LogP contribution >= 0.6 is 0 Å². The van der Waals surface area contributed by atoms with E-state index in [0.717, 1.165) is 12.5 Å². The van der Waals surface area contributed by atoms with Crippen LogP contribution in [-0.4, -0.2) is 18.3 Å². The molecule has 2 N–H and O–H groups in total. The van der Waals surface area contributed by atoms with Crippen molar-refractivity contribution in [3.05, 3.63) is 29.8 Å². The second-order valence-electron chi connectivity index (χ2n) is 5.39. The molecule has 0 atom stereocenters. The summed E-state index contributed by atoms with van der Waals surface area (Å²) in [5.74, 6) is 0. The summed E-state index contributed by atoms with van der Waals surface area (Å²) in [6, 6.07) is 5.47. The fourth-order valence-electron chi connectivity index (χ4n) is 1.86. The molecule has 0 bridgehead atoms. The second-order valence-corrected chi connectivity index (χ2v) is 5.39. The molecule has 0 unspecified atom stereocenters. The first-order chi connectivity index (χ1) is 8.76. The third-order valence-electron chi connectivity index (χ3n) is 3.00. The number of halogens is 3. The van der Waals surface area contributed by atoms with E-state index in [4.69, 9.17) is 5.11 Å². The van der Waals surface area contributed by atoms with Crippen LogP contribution in [-0.2, 0) is 6.18 Å². The minimum atomic E-state index is -4.35. The van der Waals surface area contributed by atoms with E-state index in [-0.39, 0.29) is 17.7 Å². The summed E-state index contributed by atoms with van der Waals surface area (Å²) in [4.78, 5) is 0. The highest BCUT2D eigenvalue weighted by Crippen LogP contribution is 2.35. The van der Waals surface area contributed by atoms with Crippen molar-refractivity contribution in [2.45, 2.75) is 32.9 Å². The van der Waals surface area contributed by atoms with Gasteiger partial charge in [-0.25, -0.2) is 0 Å². The van der Waals surface area contributed by atoms with Gasteiger partial charge in [0.15, 0.2) is 0 Å². The van der Waals surface area contributed by atoms with Crippen molar-refractivity contribution in [2.24, 2.45) is 5.41 Å². The fourth-order valence-corrected chi connectivity index (χ4v) is 1.86. The lowest BCUT2D eigenvalue weighted by molar-refractivity contribution is -0.137. The van der Waals surface area contributed by atoms with Gasteiger partial charge in [0.2, 0.25) is 0 Å². The van der Waals surface area contributed by atoms with Crippen molar-refractivity contribution in [1.29, 1.82) is 0 Å². The molecule has 1 aromatic rings. The molecule has 2 nitrogen and oxygen atoms in total. The Bertz CT molecular complexity index is 402. The van der Waals surface area contributed by atoms with Gasteiger partial charge in [0.1, 0.15) is 0 Å². The molecular weight excluding hydrogens is 255 g/mol. The van der Waals surface area contributed by atoms with Crippen molar-refractivity contribution in [2.75, 3.05) is 18.5 Å². The largest absolute Gasteiger partial charge is 0.418 e. The van der Waals surface area contributed by atoms with E-state index in [9.17, 15) is 13.2 Å². The lowest BCUT2D eigenvalue weighted by atomic mass is 9.87. The third-order valence-corrected chi connectivity index (χ3v) is 3.00. The Morgan fingerprint density at radius 3 is 2.37 bits per heavy atom. The molecule has 0 saturated heterocycles. The van der Waals surface area contributed by atoms with E-state index in [0.29, 0.717) is 13.0 Å². The molecule has 1 rings (SSSR count). The van der Waals surface area contributed by atoms with Crippen molar-refractivity contribution in [1.82, 2.24) is 0 Å². The van der Waals surface area contributed by atoms with Crippen LogP contribution in [0.3, 0.4) is 0 Å². The average Bonchev–Trinajstić information content (AvgIpc) is 2.33. The molecule has 19 heavy (non-hydrogen) atoms. The van der Waals surface area contributed by atoms with E-state index in [1.807, 2.05) is 13.8 Å². The molecule has 0 saturated carbocycles. The number of nitrogens with one attached hydrogen (secondary N) is 1. The summed E-state index contributed by atoms with van der Waals surface area (Å²) < 4.78 is 38.4. The number of benzene rings is 1. The van der Waals surface area contributed by atoms with Gasteiger partial charge in [0, 0.05) is 18.8 Å². The normalized spacial score (nSPS) is 12.5. The molecule has 108 valence electrons. The SMILES string of the molecule is CC(C)(CCCO)CNc1ccccc1C(F)(F)F. The van der Waals surface area contributed by atoms with E-state index < -0.39 is 11.7 Å². The number of rotatable bonds is 6. The summed E-state index contributed by atoms with van der Waals surface area (Å²) >= 11 is 0. The van der Waals surface area contributed by atoms with Gasteiger partial charge in [-0.2, -0.15) is 13.2 Å². The summed E-state index contributed by atoms with van der Waals surface area (Å²) in [6.45, 7) is 4.46. The van der Waals surface area contributed by atoms with E-state index in [2.05, 4.69) is 5.32 Å². The molecule has 0 heterocycles. The van der Waals surface area contributed by atoms with E-state index in [1.165, 1.54) is 12.1 Å². The number of anilines is 1. The Morgan fingerprint density at radius 1 is 1.16 bits per heavy atom. The Kier molecular flexibility index (Phi) is 5.23. The van der Waals surface area contributed by atoms with Crippen molar-refractivity contribution in [3.63, 3.8) is 0 Å². The van der Waals surface area contributed by atoms with Gasteiger partial charge in [0.05, 0.1) is 5.56 Å². The number of alkyl halides is 3. The first-order valence-electron chi connectivity index (χ1n) is 6.27. The van der Waals surface area contributed by atoms with Crippen LogP contribution in [0.15, 0.2) is 24.3 Å². The molecule has 0 aliphatic rings. The van der Waals surface area contributed by atoms with E-state index in [1.54, 1.807) is 6.07 Å². The number of hydrogen-bond acceptors (Lipinski definition) is 2. The number of para-hydroxylation sites is 1. The molecule has 0 spiro atoms. The quantitative estimate of drug-likeness (QED) is 0.824. The summed E-state index contributed by atoms with van der Waals surface area (Å²) in [6.07, 6.45) is -2.95.